The maximum atomic E-state index is 4.35. The maximum Gasteiger partial charge on any atom is 0.191 e. The summed E-state index contributed by atoms with van der Waals surface area (Å²) in [5.41, 5.74) is 0. The molecular weight excluding hydrogens is 314 g/mol. The minimum atomic E-state index is 0.508. The number of piperidine rings is 1. The Kier molecular flexibility index (Phi) is 6.67. The van der Waals surface area contributed by atoms with E-state index in [0.717, 1.165) is 17.7 Å². The van der Waals surface area contributed by atoms with Crippen LogP contribution < -0.4 is 10.6 Å². The number of aromatic nitrogens is 3. The van der Waals surface area contributed by atoms with Gasteiger partial charge in [0.25, 0.3) is 0 Å². The molecule has 1 saturated heterocycles. The van der Waals surface area contributed by atoms with Gasteiger partial charge in [0.15, 0.2) is 5.96 Å². The number of guanidine groups is 1. The predicted octanol–water partition coefficient (Wildman–Crippen LogP) is 1.52. The summed E-state index contributed by atoms with van der Waals surface area (Å²) in [5.74, 6) is 2.71. The Bertz CT molecular complexity index is 539. The van der Waals surface area contributed by atoms with E-state index >= 15 is 0 Å². The number of hydrogen-bond acceptors (Lipinski definition) is 4. The monoisotopic (exact) mass is 347 g/mol. The molecule has 0 aromatic carbocycles. The molecule has 25 heavy (non-hydrogen) atoms. The summed E-state index contributed by atoms with van der Waals surface area (Å²) < 4.78 is 1.78. The van der Waals surface area contributed by atoms with Gasteiger partial charge in [-0.1, -0.05) is 19.3 Å². The summed E-state index contributed by atoms with van der Waals surface area (Å²) in [5, 5.41) is 11.0. The van der Waals surface area contributed by atoms with Crippen LogP contribution in [-0.2, 0) is 13.6 Å². The fraction of sp³-hybridized carbons (Fsp3) is 0.833. The number of aryl methyl sites for hydroxylation is 1. The third-order valence-corrected chi connectivity index (χ3v) is 5.61. The first-order chi connectivity index (χ1) is 12.2. The van der Waals surface area contributed by atoms with E-state index < -0.39 is 0 Å². The van der Waals surface area contributed by atoms with Gasteiger partial charge >= 0.3 is 0 Å². The van der Waals surface area contributed by atoms with Crippen molar-refractivity contribution in [3.05, 3.63) is 12.2 Å². The average molecular weight is 348 g/mol. The summed E-state index contributed by atoms with van der Waals surface area (Å²) >= 11 is 0. The fourth-order valence-corrected chi connectivity index (χ4v) is 4.03. The average Bonchev–Trinajstić information content (AvgIpc) is 3.06. The Morgan fingerprint density at radius 1 is 1.20 bits per heavy atom. The van der Waals surface area contributed by atoms with Gasteiger partial charge in [-0.25, -0.2) is 4.98 Å². The number of nitrogens with zero attached hydrogens (tertiary/aromatic N) is 5. The van der Waals surface area contributed by atoms with Crippen LogP contribution in [-0.4, -0.2) is 58.3 Å². The molecule has 7 heteroatoms. The predicted molar refractivity (Wildman–Crippen MR) is 100 cm³/mol. The number of rotatable bonds is 5. The minimum absolute atomic E-state index is 0.508. The van der Waals surface area contributed by atoms with E-state index in [2.05, 4.69) is 30.6 Å². The summed E-state index contributed by atoms with van der Waals surface area (Å²) in [6, 6.07) is 0.508. The number of nitrogens with one attached hydrogen (secondary N) is 2. The van der Waals surface area contributed by atoms with Gasteiger partial charge in [-0.3, -0.25) is 9.67 Å². The van der Waals surface area contributed by atoms with E-state index in [1.54, 1.807) is 11.0 Å². The standard InChI is InChI=1S/C18H33N7/c1-19-18(20-12-17-21-14-22-24(17)2)23-16-8-10-25(11-9-16)13-15-6-4-3-5-7-15/h14-16H,3-13H2,1-2H3,(H2,19,20,23). The molecular formula is C18H33N7. The van der Waals surface area contributed by atoms with E-state index in [1.165, 1.54) is 64.6 Å². The van der Waals surface area contributed by atoms with Crippen molar-refractivity contribution in [3.8, 4) is 0 Å². The molecule has 2 fully saturated rings. The second-order valence-electron chi connectivity index (χ2n) is 7.45. The van der Waals surface area contributed by atoms with Gasteiger partial charge in [0.1, 0.15) is 12.2 Å². The molecule has 0 amide bonds. The van der Waals surface area contributed by atoms with Crippen LogP contribution in [0.25, 0.3) is 0 Å². The first-order valence-corrected chi connectivity index (χ1v) is 9.77. The lowest BCUT2D eigenvalue weighted by Gasteiger charge is -2.36. The number of aliphatic imine (C=N–C) groups is 1. The molecule has 2 aliphatic rings. The van der Waals surface area contributed by atoms with Crippen LogP contribution in [0.15, 0.2) is 11.3 Å². The Balaban J connectivity index is 1.37. The van der Waals surface area contributed by atoms with E-state index in [0.29, 0.717) is 12.6 Å². The van der Waals surface area contributed by atoms with Gasteiger partial charge in [0.05, 0.1) is 6.54 Å². The lowest BCUT2D eigenvalue weighted by atomic mass is 9.88. The van der Waals surface area contributed by atoms with Gasteiger partial charge < -0.3 is 15.5 Å². The van der Waals surface area contributed by atoms with E-state index in [1.807, 2.05) is 14.1 Å². The normalized spacial score (nSPS) is 21.4. The van der Waals surface area contributed by atoms with Crippen LogP contribution >= 0.6 is 0 Å². The molecule has 2 N–H and O–H groups in total. The molecule has 0 atom stereocenters. The zero-order valence-electron chi connectivity index (χ0n) is 15.7. The second-order valence-corrected chi connectivity index (χ2v) is 7.45. The molecule has 2 heterocycles. The van der Waals surface area contributed by atoms with Gasteiger partial charge in [-0.05, 0) is 31.6 Å². The van der Waals surface area contributed by atoms with Gasteiger partial charge in [0, 0.05) is 39.8 Å². The van der Waals surface area contributed by atoms with Crippen molar-refractivity contribution in [1.29, 1.82) is 0 Å². The number of likely N-dealkylation sites (tertiary alicyclic amines) is 1. The third-order valence-electron chi connectivity index (χ3n) is 5.61. The van der Waals surface area contributed by atoms with Crippen molar-refractivity contribution in [1.82, 2.24) is 30.3 Å². The molecule has 0 bridgehead atoms. The molecule has 3 rings (SSSR count). The molecule has 0 unspecified atom stereocenters. The Morgan fingerprint density at radius 3 is 2.60 bits per heavy atom. The van der Waals surface area contributed by atoms with Crippen molar-refractivity contribution in [2.24, 2.45) is 18.0 Å². The summed E-state index contributed by atoms with van der Waals surface area (Å²) in [7, 11) is 3.73. The first-order valence-electron chi connectivity index (χ1n) is 9.77. The topological polar surface area (TPSA) is 70.4 Å². The summed E-state index contributed by atoms with van der Waals surface area (Å²) in [6.07, 6.45) is 11.2. The van der Waals surface area contributed by atoms with Crippen molar-refractivity contribution < 1.29 is 0 Å². The first kappa shape index (κ1) is 18.2. The number of hydrogen-bond donors (Lipinski definition) is 2. The van der Waals surface area contributed by atoms with Crippen molar-refractivity contribution in [2.75, 3.05) is 26.7 Å². The van der Waals surface area contributed by atoms with Gasteiger partial charge in [0.2, 0.25) is 0 Å². The second kappa shape index (κ2) is 9.17. The van der Waals surface area contributed by atoms with Crippen LogP contribution in [0.5, 0.6) is 0 Å². The smallest absolute Gasteiger partial charge is 0.191 e. The lowest BCUT2D eigenvalue weighted by Crippen LogP contribution is -2.49. The molecule has 1 aromatic rings. The molecule has 1 aromatic heterocycles. The third kappa shape index (κ3) is 5.42. The quantitative estimate of drug-likeness (QED) is 0.624. The van der Waals surface area contributed by atoms with Gasteiger partial charge in [-0.15, -0.1) is 0 Å². The van der Waals surface area contributed by atoms with Crippen LogP contribution in [0.3, 0.4) is 0 Å². The van der Waals surface area contributed by atoms with Crippen LogP contribution in [0.2, 0.25) is 0 Å². The summed E-state index contributed by atoms with van der Waals surface area (Å²) in [6.45, 7) is 4.35. The highest BCUT2D eigenvalue weighted by Gasteiger charge is 2.23. The highest BCUT2D eigenvalue weighted by molar-refractivity contribution is 5.79. The largest absolute Gasteiger partial charge is 0.354 e. The zero-order chi connectivity index (χ0) is 17.5. The summed E-state index contributed by atoms with van der Waals surface area (Å²) in [4.78, 5) is 11.3. The molecule has 1 aliphatic carbocycles. The molecule has 140 valence electrons. The highest BCUT2D eigenvalue weighted by Crippen LogP contribution is 2.25. The van der Waals surface area contributed by atoms with E-state index in [4.69, 9.17) is 0 Å². The van der Waals surface area contributed by atoms with Gasteiger partial charge in [-0.2, -0.15) is 5.10 Å². The molecule has 0 radical (unpaired) electrons. The lowest BCUT2D eigenvalue weighted by molar-refractivity contribution is 0.160. The SMILES string of the molecule is CN=C(NCc1ncnn1C)NC1CCN(CC2CCCCC2)CC1. The minimum Gasteiger partial charge on any atom is -0.354 e. The van der Waals surface area contributed by atoms with Crippen LogP contribution in [0.1, 0.15) is 50.8 Å². The van der Waals surface area contributed by atoms with E-state index in [9.17, 15) is 0 Å². The van der Waals surface area contributed by atoms with Crippen LogP contribution in [0, 0.1) is 5.92 Å². The Morgan fingerprint density at radius 2 is 1.96 bits per heavy atom. The Hall–Kier alpha value is -1.63. The van der Waals surface area contributed by atoms with E-state index in [-0.39, 0.29) is 0 Å². The molecule has 1 saturated carbocycles. The fourth-order valence-electron chi connectivity index (χ4n) is 4.03. The van der Waals surface area contributed by atoms with Crippen molar-refractivity contribution in [2.45, 2.75) is 57.5 Å². The molecule has 0 spiro atoms. The molecule has 7 nitrogen and oxygen atoms in total. The highest BCUT2D eigenvalue weighted by atomic mass is 15.3. The maximum absolute atomic E-state index is 4.35. The zero-order valence-corrected chi connectivity index (χ0v) is 15.7. The Labute approximate surface area is 151 Å². The van der Waals surface area contributed by atoms with Crippen molar-refractivity contribution >= 4 is 5.96 Å². The van der Waals surface area contributed by atoms with Crippen molar-refractivity contribution in [3.63, 3.8) is 0 Å². The molecule has 1 aliphatic heterocycles. The van der Waals surface area contributed by atoms with Crippen LogP contribution in [0.4, 0.5) is 0 Å².